The minimum absolute atomic E-state index is 0.152. The van der Waals surface area contributed by atoms with Crippen molar-refractivity contribution in [1.82, 2.24) is 15.0 Å². The van der Waals surface area contributed by atoms with E-state index in [0.717, 1.165) is 0 Å². The summed E-state index contributed by atoms with van der Waals surface area (Å²) < 4.78 is 13.7. The molecule has 0 aliphatic heterocycles. The van der Waals surface area contributed by atoms with Gasteiger partial charge in [-0.25, -0.2) is 14.4 Å². The van der Waals surface area contributed by atoms with E-state index in [9.17, 15) is 14.0 Å². The second-order valence-electron chi connectivity index (χ2n) is 5.75. The largest absolute Gasteiger partial charge is 0.483 e. The molecule has 1 amide bonds. The van der Waals surface area contributed by atoms with Gasteiger partial charge in [0.15, 0.2) is 0 Å². The Labute approximate surface area is 169 Å². The average Bonchev–Trinajstić information content (AvgIpc) is 2.73. The first kappa shape index (κ1) is 22.2. The number of benzene rings is 1. The van der Waals surface area contributed by atoms with Crippen LogP contribution < -0.4 is 27.2 Å². The molecule has 30 heavy (non-hydrogen) atoms. The van der Waals surface area contributed by atoms with Gasteiger partial charge in [-0.3, -0.25) is 14.4 Å². The number of carbonyl (C=O) groups excluding carboxylic acids is 1. The number of nitrogens with zero attached hydrogens (tertiary/aromatic N) is 2. The highest BCUT2D eigenvalue weighted by Gasteiger charge is 2.14. The molecule has 12 heteroatoms. The number of hydrogen-bond donors (Lipinski definition) is 6. The number of nitrogens with one attached hydrogen (secondary N) is 4. The Morgan fingerprint density at radius 3 is 2.57 bits per heavy atom. The van der Waals surface area contributed by atoms with Gasteiger partial charge in [0.25, 0.3) is 17.9 Å². The van der Waals surface area contributed by atoms with E-state index in [2.05, 4.69) is 30.9 Å². The summed E-state index contributed by atoms with van der Waals surface area (Å²) in [5, 5.41) is 15.5. The molecule has 0 bridgehead atoms. The molecule has 0 aliphatic rings. The maximum absolute atomic E-state index is 13.7. The highest BCUT2D eigenvalue weighted by atomic mass is 19.1. The number of hydrogen-bond acceptors (Lipinski definition) is 8. The summed E-state index contributed by atoms with van der Waals surface area (Å²) in [7, 11) is 1.61. The van der Waals surface area contributed by atoms with Gasteiger partial charge in [0, 0.05) is 25.5 Å². The van der Waals surface area contributed by atoms with Crippen LogP contribution in [0.1, 0.15) is 10.4 Å². The van der Waals surface area contributed by atoms with Gasteiger partial charge in [-0.1, -0.05) is 0 Å². The number of amides is 1. The number of nitrogens with two attached hydrogens (primary N) is 1. The molecule has 0 aliphatic carbocycles. The zero-order valence-corrected chi connectivity index (χ0v) is 15.9. The Hall–Kier alpha value is -4.06. The molecular weight excluding hydrogens is 397 g/mol. The van der Waals surface area contributed by atoms with Crippen LogP contribution in [0, 0.1) is 5.82 Å². The topological polar surface area (TPSA) is 175 Å². The Bertz CT molecular complexity index is 1090. The molecular formula is C18H20FN7O4. The summed E-state index contributed by atoms with van der Waals surface area (Å²) in [5.74, 6) is -0.768. The van der Waals surface area contributed by atoms with Gasteiger partial charge in [0.2, 0.25) is 5.95 Å². The van der Waals surface area contributed by atoms with Gasteiger partial charge in [0.05, 0.1) is 29.3 Å². The van der Waals surface area contributed by atoms with Crippen molar-refractivity contribution in [1.29, 1.82) is 0 Å². The SMILES string of the molecule is CNc1cc(F)cc2cc(C(=O)Nc3cnc(NCCN)nc3)c(=O)[nH]c12.O=CO. The summed E-state index contributed by atoms with van der Waals surface area (Å²) in [6, 6.07) is 3.84. The lowest BCUT2D eigenvalue weighted by Gasteiger charge is -2.09. The number of H-pyrrole nitrogens is 1. The van der Waals surface area contributed by atoms with Crippen molar-refractivity contribution in [3.8, 4) is 0 Å². The van der Waals surface area contributed by atoms with Crippen LogP contribution in [0.3, 0.4) is 0 Å². The highest BCUT2D eigenvalue weighted by molar-refractivity contribution is 6.06. The quantitative estimate of drug-likeness (QED) is 0.317. The second-order valence-corrected chi connectivity index (χ2v) is 5.75. The molecule has 7 N–H and O–H groups in total. The van der Waals surface area contributed by atoms with Crippen molar-refractivity contribution < 1.29 is 19.1 Å². The first-order valence-corrected chi connectivity index (χ1v) is 8.63. The molecule has 2 aromatic heterocycles. The van der Waals surface area contributed by atoms with Crippen molar-refractivity contribution >= 4 is 40.6 Å². The van der Waals surface area contributed by atoms with Crippen molar-refractivity contribution in [2.45, 2.75) is 0 Å². The first-order valence-electron chi connectivity index (χ1n) is 8.63. The van der Waals surface area contributed by atoms with Crippen LogP contribution in [0.5, 0.6) is 0 Å². The molecule has 3 aromatic rings. The summed E-state index contributed by atoms with van der Waals surface area (Å²) in [6.07, 6.45) is 2.80. The van der Waals surface area contributed by atoms with Crippen LogP contribution in [0.15, 0.2) is 35.4 Å². The second kappa shape index (κ2) is 10.5. The van der Waals surface area contributed by atoms with Crippen molar-refractivity contribution in [3.05, 3.63) is 52.3 Å². The summed E-state index contributed by atoms with van der Waals surface area (Å²) in [4.78, 5) is 43.8. The first-order chi connectivity index (χ1) is 14.4. The van der Waals surface area contributed by atoms with Crippen LogP contribution in [0.4, 0.5) is 21.7 Å². The number of aromatic nitrogens is 3. The van der Waals surface area contributed by atoms with Gasteiger partial charge in [-0.15, -0.1) is 0 Å². The van der Waals surface area contributed by atoms with E-state index in [1.165, 1.54) is 30.6 Å². The minimum Gasteiger partial charge on any atom is -0.483 e. The maximum Gasteiger partial charge on any atom is 0.290 e. The molecule has 0 atom stereocenters. The van der Waals surface area contributed by atoms with Crippen molar-refractivity contribution in [2.24, 2.45) is 5.73 Å². The fourth-order valence-corrected chi connectivity index (χ4v) is 2.52. The molecule has 0 fully saturated rings. The number of aromatic amines is 1. The molecule has 2 heterocycles. The van der Waals surface area contributed by atoms with E-state index < -0.39 is 17.3 Å². The third-order valence-corrected chi connectivity index (χ3v) is 3.77. The summed E-state index contributed by atoms with van der Waals surface area (Å²) in [6.45, 7) is 0.700. The number of pyridine rings is 1. The molecule has 0 saturated carbocycles. The van der Waals surface area contributed by atoms with Gasteiger partial charge in [-0.2, -0.15) is 0 Å². The van der Waals surface area contributed by atoms with Gasteiger partial charge in [-0.05, 0) is 18.2 Å². The highest BCUT2D eigenvalue weighted by Crippen LogP contribution is 2.22. The van der Waals surface area contributed by atoms with Crippen LogP contribution in [0.25, 0.3) is 10.9 Å². The van der Waals surface area contributed by atoms with E-state index in [1.807, 2.05) is 0 Å². The fourth-order valence-electron chi connectivity index (χ4n) is 2.52. The predicted octanol–water partition coefficient (Wildman–Crippen LogP) is 0.823. The molecule has 1 aromatic carbocycles. The van der Waals surface area contributed by atoms with Crippen LogP contribution in [-0.2, 0) is 4.79 Å². The Balaban J connectivity index is 0.00000101. The fraction of sp³-hybridized carbons (Fsp3) is 0.167. The number of halogens is 1. The molecule has 0 unspecified atom stereocenters. The minimum atomic E-state index is -0.653. The van der Waals surface area contributed by atoms with Gasteiger partial charge in [0.1, 0.15) is 11.4 Å². The molecule has 3 rings (SSSR count). The number of carboxylic acid groups (broad SMARTS) is 1. The molecule has 158 valence electrons. The summed E-state index contributed by atoms with van der Waals surface area (Å²) in [5.41, 5.74) is 5.79. The van der Waals surface area contributed by atoms with E-state index in [0.29, 0.717) is 41.3 Å². The lowest BCUT2D eigenvalue weighted by atomic mass is 10.1. The van der Waals surface area contributed by atoms with Crippen LogP contribution >= 0.6 is 0 Å². The Kier molecular flexibility index (Phi) is 7.76. The zero-order valence-electron chi connectivity index (χ0n) is 15.9. The molecule has 0 spiro atoms. The van der Waals surface area contributed by atoms with Crippen LogP contribution in [0.2, 0.25) is 0 Å². The van der Waals surface area contributed by atoms with E-state index in [1.54, 1.807) is 7.05 Å². The zero-order chi connectivity index (χ0) is 22.1. The number of fused-ring (bicyclic) bond motifs is 1. The number of carbonyl (C=O) groups is 2. The van der Waals surface area contributed by atoms with Crippen LogP contribution in [-0.4, -0.2) is 52.6 Å². The van der Waals surface area contributed by atoms with Crippen molar-refractivity contribution in [2.75, 3.05) is 36.1 Å². The number of anilines is 3. The molecule has 0 radical (unpaired) electrons. The van der Waals surface area contributed by atoms with Crippen molar-refractivity contribution in [3.63, 3.8) is 0 Å². The predicted molar refractivity (Wildman–Crippen MR) is 110 cm³/mol. The lowest BCUT2D eigenvalue weighted by Crippen LogP contribution is -2.23. The van der Waals surface area contributed by atoms with E-state index in [-0.39, 0.29) is 12.0 Å². The normalized spacial score (nSPS) is 9.97. The summed E-state index contributed by atoms with van der Waals surface area (Å²) >= 11 is 0. The standard InChI is InChI=1S/C17H18FN7O2.CH2O2/c1-20-13-6-10(18)4-9-5-12(16(27)25-14(9)13)15(26)24-11-7-22-17(23-8-11)21-3-2-19;2-1-3/h4-8,20H,2-3,19H2,1H3,(H,24,26)(H,25,27)(H,21,22,23);1H,(H,2,3). The smallest absolute Gasteiger partial charge is 0.290 e. The Morgan fingerprint density at radius 1 is 1.30 bits per heavy atom. The van der Waals surface area contributed by atoms with E-state index >= 15 is 0 Å². The van der Waals surface area contributed by atoms with Gasteiger partial charge >= 0.3 is 0 Å². The van der Waals surface area contributed by atoms with Gasteiger partial charge < -0.3 is 31.8 Å². The Morgan fingerprint density at radius 2 is 1.97 bits per heavy atom. The lowest BCUT2D eigenvalue weighted by molar-refractivity contribution is -0.122. The average molecular weight is 417 g/mol. The maximum atomic E-state index is 13.7. The van der Waals surface area contributed by atoms with E-state index in [4.69, 9.17) is 15.6 Å². The molecule has 0 saturated heterocycles. The monoisotopic (exact) mass is 417 g/mol. The molecule has 11 nitrogen and oxygen atoms in total. The third-order valence-electron chi connectivity index (χ3n) is 3.77. The number of rotatable bonds is 6. The third kappa shape index (κ3) is 5.48.